The fraction of sp³-hybridized carbons (Fsp3) is 0.182. The Bertz CT molecular complexity index is 1480. The van der Waals surface area contributed by atoms with Crippen LogP contribution in [-0.2, 0) is 11.4 Å². The quantitative estimate of drug-likeness (QED) is 0.291. The molecule has 1 aliphatic heterocycles. The molecule has 38 heavy (non-hydrogen) atoms. The average Bonchev–Trinajstić information content (AvgIpc) is 3.14. The van der Waals surface area contributed by atoms with E-state index in [4.69, 9.17) is 9.47 Å². The van der Waals surface area contributed by atoms with Gasteiger partial charge in [-0.3, -0.25) is 4.79 Å². The predicted octanol–water partition coefficient (Wildman–Crippen LogP) is 7.25. The van der Waals surface area contributed by atoms with Crippen molar-refractivity contribution in [1.82, 2.24) is 0 Å². The second-order valence-electron chi connectivity index (χ2n) is 9.75. The van der Waals surface area contributed by atoms with Crippen LogP contribution in [0.4, 0.5) is 11.4 Å². The molecule has 2 atom stereocenters. The van der Waals surface area contributed by atoms with Crippen molar-refractivity contribution in [3.05, 3.63) is 131 Å². The molecule has 2 N–H and O–H groups in total. The Kier molecular flexibility index (Phi) is 6.57. The van der Waals surface area contributed by atoms with Crippen LogP contribution in [0.25, 0.3) is 0 Å². The van der Waals surface area contributed by atoms with E-state index in [1.54, 1.807) is 7.11 Å². The van der Waals surface area contributed by atoms with Crippen molar-refractivity contribution in [1.29, 1.82) is 0 Å². The number of hydrogen-bond acceptors (Lipinski definition) is 5. The second-order valence-corrected chi connectivity index (χ2v) is 9.75. The zero-order valence-corrected chi connectivity index (χ0v) is 21.3. The summed E-state index contributed by atoms with van der Waals surface area (Å²) < 4.78 is 11.7. The summed E-state index contributed by atoms with van der Waals surface area (Å²) in [5.74, 6) is 1.82. The van der Waals surface area contributed by atoms with Crippen LogP contribution in [0.15, 0.2) is 114 Å². The fourth-order valence-corrected chi connectivity index (χ4v) is 5.42. The average molecular weight is 503 g/mol. The minimum atomic E-state index is -0.336. The summed E-state index contributed by atoms with van der Waals surface area (Å²) in [5.41, 5.74) is 6.85. The Labute approximate surface area is 223 Å². The summed E-state index contributed by atoms with van der Waals surface area (Å²) in [7, 11) is 1.66. The minimum Gasteiger partial charge on any atom is -0.497 e. The Morgan fingerprint density at radius 1 is 0.789 bits per heavy atom. The predicted molar refractivity (Wildman–Crippen MR) is 151 cm³/mol. The highest BCUT2D eigenvalue weighted by atomic mass is 16.5. The number of carbonyl (C=O) groups excluding carboxylic acids is 1. The van der Waals surface area contributed by atoms with Gasteiger partial charge in [-0.05, 0) is 53.8 Å². The first-order valence-corrected chi connectivity index (χ1v) is 13.0. The summed E-state index contributed by atoms with van der Waals surface area (Å²) in [6.45, 7) is 0.457. The van der Waals surface area contributed by atoms with E-state index in [0.29, 0.717) is 13.0 Å². The first-order valence-electron chi connectivity index (χ1n) is 13.0. The molecule has 1 heterocycles. The highest BCUT2D eigenvalue weighted by molar-refractivity contribution is 6.01. The molecule has 0 bridgehead atoms. The van der Waals surface area contributed by atoms with Crippen molar-refractivity contribution in [2.45, 2.75) is 31.4 Å². The summed E-state index contributed by atoms with van der Waals surface area (Å²) in [4.78, 5) is 13.9. The minimum absolute atomic E-state index is 0.0927. The molecule has 0 saturated heterocycles. The van der Waals surface area contributed by atoms with Gasteiger partial charge >= 0.3 is 0 Å². The van der Waals surface area contributed by atoms with Crippen LogP contribution < -0.4 is 20.1 Å². The van der Waals surface area contributed by atoms with E-state index < -0.39 is 0 Å². The standard InChI is InChI=1S/C33H30N2O3/c1-37-25-17-15-23(16-18-25)24-19-29-32(30(36)20-24)33(35-28-13-7-6-12-27(28)34-29)26-11-5-8-14-31(26)38-21-22-9-3-2-4-10-22/h2-18,24,33-35H,19-21H2,1H3/t24-,33+/m1/s1. The van der Waals surface area contributed by atoms with E-state index in [1.165, 1.54) is 0 Å². The zero-order chi connectivity index (χ0) is 25.9. The molecule has 4 aromatic carbocycles. The van der Waals surface area contributed by atoms with Crippen LogP contribution in [0, 0.1) is 0 Å². The molecule has 4 aromatic rings. The zero-order valence-electron chi connectivity index (χ0n) is 21.3. The van der Waals surface area contributed by atoms with Gasteiger partial charge in [0.15, 0.2) is 5.78 Å². The van der Waals surface area contributed by atoms with Crippen LogP contribution in [0.2, 0.25) is 0 Å². The molecule has 0 saturated carbocycles. The number of allylic oxidation sites excluding steroid dienone is 1. The second kappa shape index (κ2) is 10.5. The Morgan fingerprint density at radius 2 is 1.50 bits per heavy atom. The number of nitrogens with one attached hydrogen (secondary N) is 2. The van der Waals surface area contributed by atoms with Crippen LogP contribution in [0.3, 0.4) is 0 Å². The summed E-state index contributed by atoms with van der Waals surface area (Å²) in [6, 6.07) is 34.0. The molecule has 0 aromatic heterocycles. The number of methoxy groups -OCH3 is 1. The Morgan fingerprint density at radius 3 is 2.29 bits per heavy atom. The molecule has 0 amide bonds. The number of rotatable bonds is 6. The molecule has 5 heteroatoms. The number of para-hydroxylation sites is 3. The maximum absolute atomic E-state index is 13.9. The van der Waals surface area contributed by atoms with Gasteiger partial charge in [0.05, 0.1) is 24.5 Å². The van der Waals surface area contributed by atoms with E-state index in [9.17, 15) is 4.79 Å². The van der Waals surface area contributed by atoms with E-state index in [0.717, 1.165) is 57.3 Å². The van der Waals surface area contributed by atoms with E-state index in [1.807, 2.05) is 66.7 Å². The van der Waals surface area contributed by atoms with Crippen LogP contribution >= 0.6 is 0 Å². The molecule has 0 radical (unpaired) electrons. The molecule has 1 aliphatic carbocycles. The molecule has 6 rings (SSSR count). The Hall–Kier alpha value is -4.51. The molecule has 190 valence electrons. The lowest BCUT2D eigenvalue weighted by Crippen LogP contribution is -2.27. The number of carbonyl (C=O) groups is 1. The number of ketones is 1. The van der Waals surface area contributed by atoms with Gasteiger partial charge in [-0.1, -0.05) is 72.8 Å². The summed E-state index contributed by atoms with van der Waals surface area (Å²) in [5, 5.41) is 7.30. The van der Waals surface area contributed by atoms with Gasteiger partial charge < -0.3 is 20.1 Å². The first kappa shape index (κ1) is 23.9. The van der Waals surface area contributed by atoms with Crippen molar-refractivity contribution in [2.75, 3.05) is 17.7 Å². The van der Waals surface area contributed by atoms with Crippen LogP contribution in [0.5, 0.6) is 11.5 Å². The lowest BCUT2D eigenvalue weighted by molar-refractivity contribution is -0.116. The molecule has 0 fully saturated rings. The van der Waals surface area contributed by atoms with Gasteiger partial charge in [-0.25, -0.2) is 0 Å². The third-order valence-electron chi connectivity index (χ3n) is 7.36. The SMILES string of the molecule is COc1ccc([C@H]2CC(=O)C3=C(C2)Nc2ccccc2N[C@H]3c2ccccc2OCc2ccccc2)cc1. The van der Waals surface area contributed by atoms with Gasteiger partial charge in [0.2, 0.25) is 0 Å². The third-order valence-corrected chi connectivity index (χ3v) is 7.36. The van der Waals surface area contributed by atoms with Crippen LogP contribution in [-0.4, -0.2) is 12.9 Å². The molecule has 0 spiro atoms. The maximum atomic E-state index is 13.9. The highest BCUT2D eigenvalue weighted by Gasteiger charge is 2.37. The summed E-state index contributed by atoms with van der Waals surface area (Å²) >= 11 is 0. The van der Waals surface area contributed by atoms with Gasteiger partial charge in [-0.2, -0.15) is 0 Å². The molecule has 2 aliphatic rings. The molecule has 5 nitrogen and oxygen atoms in total. The molecule has 0 unspecified atom stereocenters. The van der Waals surface area contributed by atoms with Crippen molar-refractivity contribution in [3.8, 4) is 11.5 Å². The van der Waals surface area contributed by atoms with Crippen molar-refractivity contribution >= 4 is 17.2 Å². The topological polar surface area (TPSA) is 59.6 Å². The number of hydrogen-bond donors (Lipinski definition) is 2. The Balaban J connectivity index is 1.39. The number of anilines is 2. The number of ether oxygens (including phenoxy) is 2. The van der Waals surface area contributed by atoms with Crippen LogP contribution in [0.1, 0.15) is 41.5 Å². The maximum Gasteiger partial charge on any atom is 0.163 e. The van der Waals surface area contributed by atoms with E-state index in [-0.39, 0.29) is 17.7 Å². The largest absolute Gasteiger partial charge is 0.497 e. The highest BCUT2D eigenvalue weighted by Crippen LogP contribution is 2.46. The van der Waals surface area contributed by atoms with E-state index in [2.05, 4.69) is 47.0 Å². The van der Waals surface area contributed by atoms with Gasteiger partial charge in [0, 0.05) is 23.3 Å². The van der Waals surface area contributed by atoms with Gasteiger partial charge in [-0.15, -0.1) is 0 Å². The molecular formula is C33H30N2O3. The monoisotopic (exact) mass is 502 g/mol. The van der Waals surface area contributed by atoms with Gasteiger partial charge in [0.25, 0.3) is 0 Å². The lowest BCUT2D eigenvalue weighted by atomic mass is 9.78. The normalized spacial score (nSPS) is 18.4. The van der Waals surface area contributed by atoms with Crippen molar-refractivity contribution in [2.24, 2.45) is 0 Å². The lowest BCUT2D eigenvalue weighted by Gasteiger charge is -2.30. The number of fused-ring (bicyclic) bond motifs is 1. The third kappa shape index (κ3) is 4.75. The summed E-state index contributed by atoms with van der Waals surface area (Å²) in [6.07, 6.45) is 1.20. The van der Waals surface area contributed by atoms with Gasteiger partial charge in [0.1, 0.15) is 18.1 Å². The molecular weight excluding hydrogens is 472 g/mol. The number of benzene rings is 4. The smallest absolute Gasteiger partial charge is 0.163 e. The first-order chi connectivity index (χ1) is 18.7. The van der Waals surface area contributed by atoms with Crippen molar-refractivity contribution in [3.63, 3.8) is 0 Å². The van der Waals surface area contributed by atoms with Crippen molar-refractivity contribution < 1.29 is 14.3 Å². The fourth-order valence-electron chi connectivity index (χ4n) is 5.42. The number of Topliss-reactive ketones (excluding diaryl/α,β-unsaturated/α-hetero) is 1. The van der Waals surface area contributed by atoms with E-state index >= 15 is 0 Å².